The average molecular weight is 304 g/mol. The van der Waals surface area contributed by atoms with Gasteiger partial charge in [0.25, 0.3) is 5.91 Å². The van der Waals surface area contributed by atoms with E-state index < -0.39 is 0 Å². The van der Waals surface area contributed by atoms with E-state index in [-0.39, 0.29) is 16.8 Å². The fraction of sp³-hybridized carbons (Fsp3) is 0.200. The zero-order chi connectivity index (χ0) is 15.0. The van der Waals surface area contributed by atoms with Crippen LogP contribution in [0.15, 0.2) is 30.5 Å². The summed E-state index contributed by atoms with van der Waals surface area (Å²) in [5, 5.41) is 9.80. The minimum Gasteiger partial charge on any atom is -0.508 e. The van der Waals surface area contributed by atoms with Crippen LogP contribution < -0.4 is 5.73 Å². The lowest BCUT2D eigenvalue weighted by Crippen LogP contribution is -2.36. The van der Waals surface area contributed by atoms with Crippen LogP contribution in [0.25, 0.3) is 0 Å². The maximum Gasteiger partial charge on any atom is 0.256 e. The van der Waals surface area contributed by atoms with Crippen LogP contribution in [-0.4, -0.2) is 27.4 Å². The summed E-state index contributed by atoms with van der Waals surface area (Å²) < 4.78 is 0. The van der Waals surface area contributed by atoms with E-state index in [0.717, 1.165) is 17.5 Å². The third-order valence-corrected chi connectivity index (χ3v) is 3.83. The van der Waals surface area contributed by atoms with Gasteiger partial charge in [0.15, 0.2) is 0 Å². The number of amides is 1. The molecule has 5 nitrogen and oxygen atoms in total. The number of phenolic OH excluding ortho intramolecular Hbond substituents is 1. The molecule has 6 heteroatoms. The van der Waals surface area contributed by atoms with Crippen LogP contribution in [0, 0.1) is 0 Å². The third-order valence-electron chi connectivity index (χ3n) is 3.62. The summed E-state index contributed by atoms with van der Waals surface area (Å²) in [5.41, 5.74) is 8.58. The molecule has 1 aromatic carbocycles. The van der Waals surface area contributed by atoms with Crippen molar-refractivity contribution in [3.8, 4) is 5.75 Å². The van der Waals surface area contributed by atoms with E-state index >= 15 is 0 Å². The van der Waals surface area contributed by atoms with Gasteiger partial charge in [-0.05, 0) is 35.7 Å². The summed E-state index contributed by atoms with van der Waals surface area (Å²) in [6.07, 6.45) is 2.14. The second kappa shape index (κ2) is 5.26. The Bertz CT molecular complexity index is 718. The maximum absolute atomic E-state index is 12.6. The fourth-order valence-electron chi connectivity index (χ4n) is 2.51. The Morgan fingerprint density at radius 2 is 2.14 bits per heavy atom. The highest BCUT2D eigenvalue weighted by molar-refractivity contribution is 6.29. The Kier molecular flexibility index (Phi) is 3.43. The zero-order valence-electron chi connectivity index (χ0n) is 11.2. The number of carbonyl (C=O) groups is 1. The van der Waals surface area contributed by atoms with Crippen molar-refractivity contribution in [3.05, 3.63) is 52.3 Å². The van der Waals surface area contributed by atoms with Crippen molar-refractivity contribution in [1.29, 1.82) is 0 Å². The Morgan fingerprint density at radius 1 is 1.33 bits per heavy atom. The van der Waals surface area contributed by atoms with Crippen molar-refractivity contribution in [2.75, 3.05) is 12.3 Å². The SMILES string of the molecule is Nc1cnc(Cl)cc1C(=O)N1CCc2ccc(O)cc2C1. The molecule has 2 aromatic rings. The lowest BCUT2D eigenvalue weighted by Gasteiger charge is -2.29. The molecule has 3 N–H and O–H groups in total. The molecule has 1 aromatic heterocycles. The molecule has 0 spiro atoms. The molecule has 1 aliphatic rings. The van der Waals surface area contributed by atoms with Gasteiger partial charge in [-0.25, -0.2) is 4.98 Å². The van der Waals surface area contributed by atoms with Gasteiger partial charge in [0.05, 0.1) is 17.4 Å². The molecule has 108 valence electrons. The van der Waals surface area contributed by atoms with Gasteiger partial charge >= 0.3 is 0 Å². The highest BCUT2D eigenvalue weighted by Gasteiger charge is 2.23. The number of halogens is 1. The highest BCUT2D eigenvalue weighted by Crippen LogP contribution is 2.25. The zero-order valence-corrected chi connectivity index (χ0v) is 12.0. The maximum atomic E-state index is 12.6. The van der Waals surface area contributed by atoms with Crippen LogP contribution in [0.4, 0.5) is 5.69 Å². The molecule has 0 saturated heterocycles. The van der Waals surface area contributed by atoms with E-state index in [2.05, 4.69) is 4.98 Å². The van der Waals surface area contributed by atoms with Crippen molar-refractivity contribution in [2.24, 2.45) is 0 Å². The number of aromatic nitrogens is 1. The number of pyridine rings is 1. The normalized spacial score (nSPS) is 13.9. The molecule has 0 atom stereocenters. The number of benzene rings is 1. The molecule has 21 heavy (non-hydrogen) atoms. The number of fused-ring (bicyclic) bond motifs is 1. The van der Waals surface area contributed by atoms with Gasteiger partial charge in [-0.1, -0.05) is 17.7 Å². The second-order valence-corrected chi connectivity index (χ2v) is 5.41. The molecule has 0 radical (unpaired) electrons. The van der Waals surface area contributed by atoms with E-state index in [1.165, 1.54) is 12.3 Å². The first kappa shape index (κ1) is 13.7. The lowest BCUT2D eigenvalue weighted by molar-refractivity contribution is 0.0735. The van der Waals surface area contributed by atoms with Crippen molar-refractivity contribution in [3.63, 3.8) is 0 Å². The second-order valence-electron chi connectivity index (χ2n) is 5.02. The largest absolute Gasteiger partial charge is 0.508 e. The molecule has 0 aliphatic carbocycles. The Hall–Kier alpha value is -2.27. The number of anilines is 1. The van der Waals surface area contributed by atoms with Gasteiger partial charge in [-0.3, -0.25) is 4.79 Å². The number of hydrogen-bond donors (Lipinski definition) is 2. The molecule has 0 unspecified atom stereocenters. The van der Waals surface area contributed by atoms with Crippen molar-refractivity contribution in [1.82, 2.24) is 9.88 Å². The number of nitrogens with two attached hydrogens (primary N) is 1. The minimum atomic E-state index is -0.175. The predicted octanol–water partition coefficient (Wildman–Crippen LogP) is 2.22. The summed E-state index contributed by atoms with van der Waals surface area (Å²) in [5.74, 6) is 0.0281. The molecule has 0 saturated carbocycles. The minimum absolute atomic E-state index is 0.175. The smallest absolute Gasteiger partial charge is 0.256 e. The average Bonchev–Trinajstić information content (AvgIpc) is 2.48. The first-order valence-electron chi connectivity index (χ1n) is 6.55. The number of hydrogen-bond acceptors (Lipinski definition) is 4. The third kappa shape index (κ3) is 2.64. The van der Waals surface area contributed by atoms with E-state index in [0.29, 0.717) is 24.3 Å². The van der Waals surface area contributed by atoms with E-state index in [4.69, 9.17) is 17.3 Å². The number of carbonyl (C=O) groups excluding carboxylic acids is 1. The number of nitrogens with zero attached hydrogens (tertiary/aromatic N) is 2. The van der Waals surface area contributed by atoms with Gasteiger partial charge in [0.1, 0.15) is 10.9 Å². The predicted molar refractivity (Wildman–Crippen MR) is 80.2 cm³/mol. The Labute approximate surface area is 127 Å². The quantitative estimate of drug-likeness (QED) is 0.792. The van der Waals surface area contributed by atoms with Crippen molar-refractivity contribution < 1.29 is 9.90 Å². The van der Waals surface area contributed by atoms with Gasteiger partial charge in [-0.2, -0.15) is 0 Å². The monoisotopic (exact) mass is 303 g/mol. The fourth-order valence-corrected chi connectivity index (χ4v) is 2.67. The van der Waals surface area contributed by atoms with Crippen LogP contribution >= 0.6 is 11.6 Å². The Morgan fingerprint density at radius 3 is 2.95 bits per heavy atom. The Balaban J connectivity index is 1.88. The van der Waals surface area contributed by atoms with Crippen LogP contribution in [0.3, 0.4) is 0 Å². The first-order chi connectivity index (χ1) is 10.0. The van der Waals surface area contributed by atoms with Gasteiger partial charge < -0.3 is 15.7 Å². The van der Waals surface area contributed by atoms with Gasteiger partial charge in [0.2, 0.25) is 0 Å². The number of nitrogen functional groups attached to an aromatic ring is 1. The molecular weight excluding hydrogens is 290 g/mol. The highest BCUT2D eigenvalue weighted by atomic mass is 35.5. The van der Waals surface area contributed by atoms with Gasteiger partial charge in [0, 0.05) is 13.1 Å². The van der Waals surface area contributed by atoms with E-state index in [9.17, 15) is 9.90 Å². The number of rotatable bonds is 1. The topological polar surface area (TPSA) is 79.5 Å². The molecule has 3 rings (SSSR count). The molecule has 1 aliphatic heterocycles. The molecule has 0 fully saturated rings. The summed E-state index contributed by atoms with van der Waals surface area (Å²) in [6.45, 7) is 1.05. The first-order valence-corrected chi connectivity index (χ1v) is 6.93. The van der Waals surface area contributed by atoms with Gasteiger partial charge in [-0.15, -0.1) is 0 Å². The summed E-state index contributed by atoms with van der Waals surface area (Å²) in [7, 11) is 0. The summed E-state index contributed by atoms with van der Waals surface area (Å²) >= 11 is 5.83. The molecular formula is C15H14ClN3O2. The van der Waals surface area contributed by atoms with Crippen LogP contribution in [0.5, 0.6) is 5.75 Å². The molecule has 1 amide bonds. The standard InChI is InChI=1S/C15H14ClN3O2/c16-14-6-12(13(17)7-18-14)15(21)19-4-3-9-1-2-11(20)5-10(9)8-19/h1-2,5-7,20H,3-4,8,17H2. The van der Waals surface area contributed by atoms with Crippen molar-refractivity contribution >= 4 is 23.2 Å². The lowest BCUT2D eigenvalue weighted by atomic mass is 9.99. The van der Waals surface area contributed by atoms with E-state index in [1.54, 1.807) is 17.0 Å². The molecule has 2 heterocycles. The molecule has 0 bridgehead atoms. The number of aromatic hydroxyl groups is 1. The number of phenols is 1. The van der Waals surface area contributed by atoms with Crippen molar-refractivity contribution in [2.45, 2.75) is 13.0 Å². The van der Waals surface area contributed by atoms with E-state index in [1.807, 2.05) is 6.07 Å². The van der Waals surface area contributed by atoms with Crippen LogP contribution in [-0.2, 0) is 13.0 Å². The summed E-state index contributed by atoms with van der Waals surface area (Å²) in [4.78, 5) is 18.1. The van der Waals surface area contributed by atoms with Crippen LogP contribution in [0.1, 0.15) is 21.5 Å². The van der Waals surface area contributed by atoms with Crippen LogP contribution in [0.2, 0.25) is 5.15 Å². The summed E-state index contributed by atoms with van der Waals surface area (Å²) in [6, 6.07) is 6.73.